The highest BCUT2D eigenvalue weighted by molar-refractivity contribution is 5.92. The van der Waals surface area contributed by atoms with E-state index >= 15 is 0 Å². The summed E-state index contributed by atoms with van der Waals surface area (Å²) in [5.41, 5.74) is -2.20. The maximum absolute atomic E-state index is 11.3. The zero-order chi connectivity index (χ0) is 11.1. The van der Waals surface area contributed by atoms with E-state index in [1.807, 2.05) is 0 Å². The molecule has 1 unspecified atom stereocenters. The van der Waals surface area contributed by atoms with Crippen LogP contribution < -0.4 is 0 Å². The summed E-state index contributed by atoms with van der Waals surface area (Å²) in [7, 11) is 0. The summed E-state index contributed by atoms with van der Waals surface area (Å²) in [6.07, 6.45) is -0.577. The maximum atomic E-state index is 11.3. The van der Waals surface area contributed by atoms with Gasteiger partial charge < -0.3 is 19.3 Å². The van der Waals surface area contributed by atoms with Gasteiger partial charge in [-0.05, 0) is 0 Å². The lowest BCUT2D eigenvalue weighted by Gasteiger charge is -2.20. The first-order valence-corrected chi connectivity index (χ1v) is 4.05. The van der Waals surface area contributed by atoms with E-state index in [0.29, 0.717) is 6.26 Å². The minimum Gasteiger partial charge on any atom is -0.427 e. The van der Waals surface area contributed by atoms with E-state index in [1.165, 1.54) is 0 Å². The first-order chi connectivity index (χ1) is 6.99. The number of ether oxygens (including phenoxy) is 3. The fourth-order valence-electron chi connectivity index (χ4n) is 1.24. The van der Waals surface area contributed by atoms with E-state index in [4.69, 9.17) is 0 Å². The van der Waals surface area contributed by atoms with Crippen LogP contribution >= 0.6 is 0 Å². The summed E-state index contributed by atoms with van der Waals surface area (Å²) in [4.78, 5) is 33.4. The van der Waals surface area contributed by atoms with Crippen molar-refractivity contribution >= 4 is 17.9 Å². The number of carbonyl (C=O) groups excluding carboxylic acids is 3. The fraction of sp³-hybridized carbons (Fsp3) is 0.375. The zero-order valence-electron chi connectivity index (χ0n) is 7.39. The molecule has 0 aromatic rings. The number of rotatable bonds is 0. The van der Waals surface area contributed by atoms with Crippen LogP contribution in [0.3, 0.4) is 0 Å². The summed E-state index contributed by atoms with van der Waals surface area (Å²) >= 11 is 0. The Morgan fingerprint density at radius 2 is 1.80 bits per heavy atom. The monoisotopic (exact) mass is 214 g/mol. The van der Waals surface area contributed by atoms with Gasteiger partial charge in [-0.3, -0.25) is 9.59 Å². The van der Waals surface area contributed by atoms with E-state index in [9.17, 15) is 19.5 Å². The van der Waals surface area contributed by atoms with Crippen molar-refractivity contribution in [2.75, 3.05) is 0 Å². The molecule has 2 rings (SSSR count). The number of cyclic esters (lactones) is 1. The minimum atomic E-state index is -2.20. The summed E-state index contributed by atoms with van der Waals surface area (Å²) in [5, 5.41) is 9.71. The molecule has 1 atom stereocenters. The van der Waals surface area contributed by atoms with Gasteiger partial charge in [0.05, 0.1) is 12.8 Å². The van der Waals surface area contributed by atoms with Crippen LogP contribution in [-0.4, -0.2) is 28.6 Å². The van der Waals surface area contributed by atoms with Crippen molar-refractivity contribution in [2.24, 2.45) is 0 Å². The van der Waals surface area contributed by atoms with Crippen LogP contribution in [0.4, 0.5) is 0 Å². The Bertz CT molecular complexity index is 378. The molecule has 0 radical (unpaired) electrons. The van der Waals surface area contributed by atoms with Crippen molar-refractivity contribution < 1.29 is 33.7 Å². The maximum Gasteiger partial charge on any atom is 0.347 e. The molecule has 2 aliphatic rings. The second-order valence-electron chi connectivity index (χ2n) is 3.18. The normalized spacial score (nSPS) is 33.9. The van der Waals surface area contributed by atoms with E-state index < -0.39 is 42.3 Å². The van der Waals surface area contributed by atoms with Gasteiger partial charge in [0.25, 0.3) is 0 Å². The van der Waals surface area contributed by atoms with Crippen molar-refractivity contribution in [1.29, 1.82) is 0 Å². The average molecular weight is 214 g/mol. The molecule has 7 heteroatoms. The summed E-state index contributed by atoms with van der Waals surface area (Å²) in [6.45, 7) is 0. The standard InChI is InChI=1S/C8H6O7/c9-4-1-8(12)2-5(10)14-6(3-13-4)15-7(8)11/h3,12H,1-2H2/b6-3-. The average Bonchev–Trinajstić information content (AvgIpc) is 2.16. The number of esters is 3. The third kappa shape index (κ3) is 1.68. The number of carbonyl (C=O) groups is 3. The van der Waals surface area contributed by atoms with E-state index in [1.54, 1.807) is 0 Å². The molecule has 0 aromatic carbocycles. The van der Waals surface area contributed by atoms with Gasteiger partial charge in [0.15, 0.2) is 11.9 Å². The number of hydrogen-bond donors (Lipinski definition) is 1. The van der Waals surface area contributed by atoms with Gasteiger partial charge >= 0.3 is 23.9 Å². The molecular formula is C8H6O7. The topological polar surface area (TPSA) is 99.1 Å². The van der Waals surface area contributed by atoms with Gasteiger partial charge in [-0.1, -0.05) is 0 Å². The number of fused-ring (bicyclic) bond motifs is 3. The van der Waals surface area contributed by atoms with Crippen LogP contribution in [0.25, 0.3) is 0 Å². The zero-order valence-corrected chi connectivity index (χ0v) is 7.39. The molecule has 0 aromatic heterocycles. The lowest BCUT2D eigenvalue weighted by atomic mass is 9.96. The third-order valence-electron chi connectivity index (χ3n) is 1.95. The molecule has 0 amide bonds. The Balaban J connectivity index is 2.46. The van der Waals surface area contributed by atoms with Crippen LogP contribution in [0, 0.1) is 0 Å². The van der Waals surface area contributed by atoms with Gasteiger partial charge in [-0.25, -0.2) is 4.79 Å². The second-order valence-corrected chi connectivity index (χ2v) is 3.18. The predicted molar refractivity (Wildman–Crippen MR) is 40.5 cm³/mol. The molecule has 0 saturated carbocycles. The Kier molecular flexibility index (Phi) is 1.97. The van der Waals surface area contributed by atoms with Gasteiger partial charge in [0.2, 0.25) is 0 Å². The first kappa shape index (κ1) is 9.66. The molecule has 7 nitrogen and oxygen atoms in total. The molecule has 2 aliphatic heterocycles. The molecule has 1 fully saturated rings. The van der Waals surface area contributed by atoms with Gasteiger partial charge in [-0.2, -0.15) is 0 Å². The van der Waals surface area contributed by atoms with Crippen LogP contribution in [0.5, 0.6) is 0 Å². The predicted octanol–water partition coefficient (Wildman–Crippen LogP) is -1.05. The minimum absolute atomic E-state index is 0.547. The van der Waals surface area contributed by atoms with E-state index in [-0.39, 0.29) is 0 Å². The fourth-order valence-corrected chi connectivity index (χ4v) is 1.24. The van der Waals surface area contributed by atoms with E-state index in [2.05, 4.69) is 14.2 Å². The first-order valence-electron chi connectivity index (χ1n) is 4.05. The van der Waals surface area contributed by atoms with Crippen LogP contribution in [0.1, 0.15) is 12.8 Å². The van der Waals surface area contributed by atoms with Crippen molar-refractivity contribution in [3.63, 3.8) is 0 Å². The van der Waals surface area contributed by atoms with E-state index in [0.717, 1.165) is 0 Å². The summed E-state index contributed by atoms with van der Waals surface area (Å²) in [6, 6.07) is 0. The van der Waals surface area contributed by atoms with Crippen LogP contribution in [0.15, 0.2) is 12.2 Å². The Labute approximate surface area is 83.2 Å². The van der Waals surface area contributed by atoms with Crippen molar-refractivity contribution in [1.82, 2.24) is 0 Å². The molecule has 1 saturated heterocycles. The SMILES string of the molecule is O=C1CC2(O)CC(=O)O/C(=C/O1)OC2=O. The van der Waals surface area contributed by atoms with Crippen molar-refractivity contribution in [3.8, 4) is 0 Å². The van der Waals surface area contributed by atoms with Gasteiger partial charge in [-0.15, -0.1) is 0 Å². The highest BCUT2D eigenvalue weighted by atomic mass is 16.7. The Hall–Kier alpha value is -1.89. The van der Waals surface area contributed by atoms with Gasteiger partial charge in [0, 0.05) is 0 Å². The van der Waals surface area contributed by atoms with Crippen molar-refractivity contribution in [2.45, 2.75) is 18.4 Å². The quantitative estimate of drug-likeness (QED) is 0.513. The van der Waals surface area contributed by atoms with Gasteiger partial charge in [0.1, 0.15) is 0 Å². The van der Waals surface area contributed by atoms with Crippen LogP contribution in [-0.2, 0) is 28.6 Å². The van der Waals surface area contributed by atoms with Crippen molar-refractivity contribution in [3.05, 3.63) is 12.2 Å². The molecule has 2 bridgehead atoms. The molecule has 0 spiro atoms. The second kappa shape index (κ2) is 3.06. The lowest BCUT2D eigenvalue weighted by molar-refractivity contribution is -0.170. The largest absolute Gasteiger partial charge is 0.427 e. The molecule has 1 N–H and O–H groups in total. The summed E-state index contributed by atoms with van der Waals surface area (Å²) in [5.74, 6) is -3.36. The molecule has 80 valence electrons. The molecule has 15 heavy (non-hydrogen) atoms. The van der Waals surface area contributed by atoms with Crippen LogP contribution in [0.2, 0.25) is 0 Å². The molecule has 2 heterocycles. The molecular weight excluding hydrogens is 208 g/mol. The highest BCUT2D eigenvalue weighted by Crippen LogP contribution is 2.27. The smallest absolute Gasteiger partial charge is 0.347 e. The Morgan fingerprint density at radius 3 is 2.53 bits per heavy atom. The highest BCUT2D eigenvalue weighted by Gasteiger charge is 2.47. The lowest BCUT2D eigenvalue weighted by Crippen LogP contribution is -2.43. The number of aliphatic hydroxyl groups is 1. The molecule has 0 aliphatic carbocycles. The third-order valence-corrected chi connectivity index (χ3v) is 1.95. The number of hydrogen-bond acceptors (Lipinski definition) is 7. The summed E-state index contributed by atoms with van der Waals surface area (Å²) < 4.78 is 13.4. The Morgan fingerprint density at radius 1 is 1.13 bits per heavy atom.